The smallest absolute Gasteiger partial charge is 0.255 e. The number of amides is 1. The fraction of sp³-hybridized carbons (Fsp3) is 0.364. The molecule has 1 fully saturated rings. The lowest BCUT2D eigenvalue weighted by atomic mass is 10.1. The summed E-state index contributed by atoms with van der Waals surface area (Å²) in [4.78, 5) is 11.7. The summed E-state index contributed by atoms with van der Waals surface area (Å²) in [5.41, 5.74) is 0.105. The third kappa shape index (κ3) is 2.30. The Kier molecular flexibility index (Phi) is 3.05. The molecule has 1 aromatic carbocycles. The van der Waals surface area contributed by atoms with E-state index >= 15 is 0 Å². The number of halogens is 1. The third-order valence-corrected chi connectivity index (χ3v) is 2.60. The van der Waals surface area contributed by atoms with Gasteiger partial charge in [-0.1, -0.05) is 0 Å². The lowest BCUT2D eigenvalue weighted by Crippen LogP contribution is -2.36. The maximum Gasteiger partial charge on any atom is 0.255 e. The van der Waals surface area contributed by atoms with Crippen molar-refractivity contribution in [1.82, 2.24) is 10.6 Å². The molecule has 86 valence electrons. The van der Waals surface area contributed by atoms with E-state index < -0.39 is 5.82 Å². The fourth-order valence-electron chi connectivity index (χ4n) is 1.74. The molecular weight excluding hydrogens is 211 g/mol. The number of carbonyl (C=O) groups is 1. The van der Waals surface area contributed by atoms with E-state index in [1.807, 2.05) is 0 Å². The molecule has 4 nitrogen and oxygen atoms in total. The number of aromatic hydroxyl groups is 1. The maximum absolute atomic E-state index is 12.7. The van der Waals surface area contributed by atoms with E-state index in [1.165, 1.54) is 6.07 Å². The highest BCUT2D eigenvalue weighted by atomic mass is 19.1. The van der Waals surface area contributed by atoms with Crippen molar-refractivity contribution in [1.29, 1.82) is 0 Å². The first-order chi connectivity index (χ1) is 7.66. The van der Waals surface area contributed by atoms with Gasteiger partial charge in [0.25, 0.3) is 5.91 Å². The lowest BCUT2D eigenvalue weighted by molar-refractivity contribution is 0.0937. The summed E-state index contributed by atoms with van der Waals surface area (Å²) in [7, 11) is 0. The van der Waals surface area contributed by atoms with Crippen LogP contribution in [0.2, 0.25) is 0 Å². The van der Waals surface area contributed by atoms with E-state index in [4.69, 9.17) is 0 Å². The fourth-order valence-corrected chi connectivity index (χ4v) is 1.74. The zero-order chi connectivity index (χ0) is 11.5. The molecule has 16 heavy (non-hydrogen) atoms. The summed E-state index contributed by atoms with van der Waals surface area (Å²) < 4.78 is 12.7. The second kappa shape index (κ2) is 4.49. The van der Waals surface area contributed by atoms with Gasteiger partial charge in [0.15, 0.2) is 0 Å². The molecule has 1 aliphatic rings. The van der Waals surface area contributed by atoms with Crippen molar-refractivity contribution in [2.45, 2.75) is 12.5 Å². The first-order valence-electron chi connectivity index (χ1n) is 5.17. The first-order valence-corrected chi connectivity index (χ1v) is 5.17. The van der Waals surface area contributed by atoms with Crippen LogP contribution < -0.4 is 10.6 Å². The molecule has 0 aromatic heterocycles. The van der Waals surface area contributed by atoms with Gasteiger partial charge in [-0.2, -0.15) is 0 Å². The molecule has 0 aliphatic carbocycles. The highest BCUT2D eigenvalue weighted by Gasteiger charge is 2.19. The van der Waals surface area contributed by atoms with Crippen LogP contribution in [0.3, 0.4) is 0 Å². The minimum absolute atomic E-state index is 0.0805. The van der Waals surface area contributed by atoms with E-state index in [0.29, 0.717) is 0 Å². The Morgan fingerprint density at radius 1 is 1.56 bits per heavy atom. The van der Waals surface area contributed by atoms with Crippen LogP contribution in [0.5, 0.6) is 5.75 Å². The van der Waals surface area contributed by atoms with Crippen LogP contribution in [-0.4, -0.2) is 30.1 Å². The van der Waals surface area contributed by atoms with E-state index in [0.717, 1.165) is 31.6 Å². The molecule has 0 radical (unpaired) electrons. The van der Waals surface area contributed by atoms with Gasteiger partial charge in [-0.15, -0.1) is 0 Å². The summed E-state index contributed by atoms with van der Waals surface area (Å²) in [5.74, 6) is -1.26. The second-order valence-electron chi connectivity index (χ2n) is 3.82. The van der Waals surface area contributed by atoms with Crippen molar-refractivity contribution in [3.63, 3.8) is 0 Å². The Morgan fingerprint density at radius 3 is 3.00 bits per heavy atom. The van der Waals surface area contributed by atoms with Gasteiger partial charge in [-0.25, -0.2) is 4.39 Å². The zero-order valence-corrected chi connectivity index (χ0v) is 8.66. The molecule has 0 unspecified atom stereocenters. The minimum Gasteiger partial charge on any atom is -0.507 e. The number of carbonyl (C=O) groups excluding carboxylic acids is 1. The van der Waals surface area contributed by atoms with Gasteiger partial charge >= 0.3 is 0 Å². The SMILES string of the molecule is O=C(N[C@@H]1CCNC1)c1ccc(F)cc1O. The molecule has 5 heteroatoms. The Labute approximate surface area is 92.5 Å². The van der Waals surface area contributed by atoms with E-state index in [1.54, 1.807) is 0 Å². The highest BCUT2D eigenvalue weighted by molar-refractivity contribution is 5.96. The summed E-state index contributed by atoms with van der Waals surface area (Å²) in [6.45, 7) is 1.61. The monoisotopic (exact) mass is 224 g/mol. The van der Waals surface area contributed by atoms with Crippen LogP contribution in [0.15, 0.2) is 18.2 Å². The molecule has 1 amide bonds. The van der Waals surface area contributed by atoms with Crippen molar-refractivity contribution >= 4 is 5.91 Å². The lowest BCUT2D eigenvalue weighted by Gasteiger charge is -2.11. The molecule has 1 aliphatic heterocycles. The van der Waals surface area contributed by atoms with Crippen molar-refractivity contribution in [2.75, 3.05) is 13.1 Å². The topological polar surface area (TPSA) is 61.4 Å². The predicted octanol–water partition coefficient (Wildman–Crippen LogP) is 0.623. The molecule has 1 heterocycles. The van der Waals surface area contributed by atoms with Crippen LogP contribution in [0.4, 0.5) is 4.39 Å². The third-order valence-electron chi connectivity index (χ3n) is 2.60. The number of phenols is 1. The number of rotatable bonds is 2. The zero-order valence-electron chi connectivity index (χ0n) is 8.66. The van der Waals surface area contributed by atoms with Gasteiger partial charge < -0.3 is 15.7 Å². The number of phenolic OH excluding ortho intramolecular Hbond substituents is 1. The summed E-state index contributed by atoms with van der Waals surface area (Å²) in [6, 6.07) is 3.45. The molecule has 0 bridgehead atoms. The van der Waals surface area contributed by atoms with Crippen molar-refractivity contribution in [3.05, 3.63) is 29.6 Å². The van der Waals surface area contributed by atoms with Crippen LogP contribution >= 0.6 is 0 Å². The largest absolute Gasteiger partial charge is 0.507 e. The Hall–Kier alpha value is -1.62. The Bertz CT molecular complexity index is 403. The molecule has 3 N–H and O–H groups in total. The van der Waals surface area contributed by atoms with Crippen LogP contribution in [0.1, 0.15) is 16.8 Å². The Balaban J connectivity index is 2.08. The first kappa shape index (κ1) is 10.9. The van der Waals surface area contributed by atoms with Crippen LogP contribution in [0, 0.1) is 5.82 Å². The second-order valence-corrected chi connectivity index (χ2v) is 3.82. The quantitative estimate of drug-likeness (QED) is 0.690. The average molecular weight is 224 g/mol. The van der Waals surface area contributed by atoms with Crippen molar-refractivity contribution in [2.24, 2.45) is 0 Å². The molecule has 1 atom stereocenters. The summed E-state index contributed by atoms with van der Waals surface area (Å²) >= 11 is 0. The predicted molar refractivity (Wildman–Crippen MR) is 56.8 cm³/mol. The van der Waals surface area contributed by atoms with Gasteiger partial charge in [-0.3, -0.25) is 4.79 Å². The molecule has 0 spiro atoms. The van der Waals surface area contributed by atoms with Crippen molar-refractivity contribution in [3.8, 4) is 5.75 Å². The van der Waals surface area contributed by atoms with E-state index in [-0.39, 0.29) is 23.3 Å². The van der Waals surface area contributed by atoms with Gasteiger partial charge in [0, 0.05) is 18.7 Å². The van der Waals surface area contributed by atoms with Crippen LogP contribution in [0.25, 0.3) is 0 Å². The molecule has 1 saturated heterocycles. The van der Waals surface area contributed by atoms with E-state index in [2.05, 4.69) is 10.6 Å². The number of hydrogen-bond donors (Lipinski definition) is 3. The maximum atomic E-state index is 12.7. The molecule has 2 rings (SSSR count). The van der Waals surface area contributed by atoms with Crippen molar-refractivity contribution < 1.29 is 14.3 Å². The highest BCUT2D eigenvalue weighted by Crippen LogP contribution is 2.18. The van der Waals surface area contributed by atoms with E-state index in [9.17, 15) is 14.3 Å². The number of nitrogens with one attached hydrogen (secondary N) is 2. The Morgan fingerprint density at radius 2 is 2.38 bits per heavy atom. The van der Waals surface area contributed by atoms with Gasteiger partial charge in [0.05, 0.1) is 5.56 Å². The number of benzene rings is 1. The molecule has 0 saturated carbocycles. The van der Waals surface area contributed by atoms with Crippen LogP contribution in [-0.2, 0) is 0 Å². The summed E-state index contributed by atoms with van der Waals surface area (Å²) in [5, 5.41) is 15.3. The molecular formula is C11H13FN2O2. The normalized spacial score (nSPS) is 19.7. The minimum atomic E-state index is -0.559. The number of hydrogen-bond acceptors (Lipinski definition) is 3. The summed E-state index contributed by atoms with van der Waals surface area (Å²) in [6.07, 6.45) is 0.869. The van der Waals surface area contributed by atoms with Gasteiger partial charge in [0.1, 0.15) is 11.6 Å². The van der Waals surface area contributed by atoms with Gasteiger partial charge in [0.2, 0.25) is 0 Å². The average Bonchev–Trinajstić information content (AvgIpc) is 2.70. The van der Waals surface area contributed by atoms with Gasteiger partial charge in [-0.05, 0) is 25.1 Å². The standard InChI is InChI=1S/C11H13FN2O2/c12-7-1-2-9(10(15)5-7)11(16)14-8-3-4-13-6-8/h1-2,5,8,13,15H,3-4,6H2,(H,14,16)/t8-/m1/s1. The molecule has 1 aromatic rings.